The molecular formula is C16H29N3O2. The normalized spacial score (nSPS) is 26.7. The maximum atomic E-state index is 12.5. The highest BCUT2D eigenvalue weighted by Crippen LogP contribution is 2.35. The van der Waals surface area contributed by atoms with E-state index in [9.17, 15) is 4.79 Å². The van der Waals surface area contributed by atoms with E-state index < -0.39 is 0 Å². The Labute approximate surface area is 128 Å². The zero-order valence-corrected chi connectivity index (χ0v) is 13.3. The number of carbonyl (C=O) groups excluding carboxylic acids is 1. The summed E-state index contributed by atoms with van der Waals surface area (Å²) in [5, 5.41) is 3.38. The van der Waals surface area contributed by atoms with Crippen LogP contribution in [0.4, 0.5) is 0 Å². The third-order valence-corrected chi connectivity index (χ3v) is 5.53. The maximum Gasteiger partial charge on any atom is 0.236 e. The third-order valence-electron chi connectivity index (χ3n) is 5.53. The molecule has 1 amide bonds. The molecular weight excluding hydrogens is 266 g/mol. The quantitative estimate of drug-likeness (QED) is 0.838. The number of nitrogens with one attached hydrogen (secondary N) is 1. The fourth-order valence-corrected chi connectivity index (χ4v) is 4.00. The fourth-order valence-electron chi connectivity index (χ4n) is 4.00. The zero-order chi connectivity index (χ0) is 14.7. The number of amides is 1. The summed E-state index contributed by atoms with van der Waals surface area (Å²) < 4.78 is 5.93. The van der Waals surface area contributed by atoms with Gasteiger partial charge in [0.15, 0.2) is 0 Å². The van der Waals surface area contributed by atoms with Gasteiger partial charge in [0.1, 0.15) is 0 Å². The lowest BCUT2D eigenvalue weighted by Crippen LogP contribution is -2.50. The minimum Gasteiger partial charge on any atom is -0.375 e. The molecule has 0 unspecified atom stereocenters. The molecule has 0 radical (unpaired) electrons. The largest absolute Gasteiger partial charge is 0.375 e. The number of carbonyl (C=O) groups is 1. The molecule has 3 aliphatic rings. The van der Waals surface area contributed by atoms with Crippen LogP contribution in [0.15, 0.2) is 0 Å². The van der Waals surface area contributed by atoms with Crippen LogP contribution in [0.3, 0.4) is 0 Å². The molecule has 1 N–H and O–H groups in total. The Kier molecular flexibility index (Phi) is 4.82. The Hall–Kier alpha value is -0.650. The summed E-state index contributed by atoms with van der Waals surface area (Å²) >= 11 is 0. The molecule has 0 saturated carbocycles. The van der Waals surface area contributed by atoms with Crippen LogP contribution in [-0.2, 0) is 9.53 Å². The number of ether oxygens (including phenoxy) is 1. The highest BCUT2D eigenvalue weighted by molar-refractivity contribution is 5.78. The van der Waals surface area contributed by atoms with Crippen LogP contribution in [0.2, 0.25) is 0 Å². The molecule has 3 aliphatic heterocycles. The van der Waals surface area contributed by atoms with Gasteiger partial charge in [0.2, 0.25) is 5.91 Å². The zero-order valence-electron chi connectivity index (χ0n) is 13.3. The average molecular weight is 295 g/mol. The van der Waals surface area contributed by atoms with Crippen molar-refractivity contribution in [2.45, 2.75) is 50.2 Å². The van der Waals surface area contributed by atoms with Crippen LogP contribution in [0.25, 0.3) is 0 Å². The van der Waals surface area contributed by atoms with Crippen LogP contribution in [0.1, 0.15) is 38.5 Å². The van der Waals surface area contributed by atoms with Gasteiger partial charge in [-0.1, -0.05) is 0 Å². The van der Waals surface area contributed by atoms with Crippen LogP contribution in [0, 0.1) is 0 Å². The van der Waals surface area contributed by atoms with Crippen molar-refractivity contribution in [1.29, 1.82) is 0 Å². The standard InChI is InChI=1S/C16H29N3O2/c1-18(14-3-8-17-9-4-14)13-15(20)19-10-6-16(7-11-19)5-2-12-21-16/h14,17H,2-13H2,1H3. The van der Waals surface area contributed by atoms with E-state index >= 15 is 0 Å². The first-order valence-corrected chi connectivity index (χ1v) is 8.51. The topological polar surface area (TPSA) is 44.8 Å². The molecule has 0 atom stereocenters. The summed E-state index contributed by atoms with van der Waals surface area (Å²) in [5.74, 6) is 0.295. The number of likely N-dealkylation sites (tertiary alicyclic amines) is 1. The Balaban J connectivity index is 1.45. The van der Waals surface area contributed by atoms with Gasteiger partial charge >= 0.3 is 0 Å². The smallest absolute Gasteiger partial charge is 0.236 e. The number of hydrogen-bond acceptors (Lipinski definition) is 4. The van der Waals surface area contributed by atoms with E-state index in [1.165, 1.54) is 12.8 Å². The van der Waals surface area contributed by atoms with E-state index in [1.54, 1.807) is 0 Å². The number of rotatable bonds is 3. The predicted octanol–water partition coefficient (Wildman–Crippen LogP) is 0.842. The van der Waals surface area contributed by atoms with Gasteiger partial charge in [-0.05, 0) is 58.7 Å². The van der Waals surface area contributed by atoms with Gasteiger partial charge in [0.25, 0.3) is 0 Å². The monoisotopic (exact) mass is 295 g/mol. The minimum absolute atomic E-state index is 0.109. The molecule has 120 valence electrons. The number of likely N-dealkylation sites (N-methyl/N-ethyl adjacent to an activating group) is 1. The maximum absolute atomic E-state index is 12.5. The van der Waals surface area contributed by atoms with Crippen molar-refractivity contribution in [1.82, 2.24) is 15.1 Å². The average Bonchev–Trinajstić information content (AvgIpc) is 2.97. The highest BCUT2D eigenvalue weighted by Gasteiger charge is 2.39. The lowest BCUT2D eigenvalue weighted by atomic mass is 9.88. The van der Waals surface area contributed by atoms with Crippen LogP contribution >= 0.6 is 0 Å². The van der Waals surface area contributed by atoms with Crippen molar-refractivity contribution in [3.8, 4) is 0 Å². The molecule has 0 aromatic carbocycles. The van der Waals surface area contributed by atoms with Gasteiger partial charge in [0.05, 0.1) is 12.1 Å². The Morgan fingerprint density at radius 3 is 2.62 bits per heavy atom. The fraction of sp³-hybridized carbons (Fsp3) is 0.938. The molecule has 0 bridgehead atoms. The lowest BCUT2D eigenvalue weighted by molar-refractivity contribution is -0.137. The van der Waals surface area contributed by atoms with E-state index in [2.05, 4.69) is 17.3 Å². The second-order valence-corrected chi connectivity index (χ2v) is 6.91. The first kappa shape index (κ1) is 15.3. The SMILES string of the molecule is CN(CC(=O)N1CCC2(CCCO2)CC1)C1CCNCC1. The molecule has 3 heterocycles. The van der Waals surface area contributed by atoms with Crippen molar-refractivity contribution in [2.24, 2.45) is 0 Å². The minimum atomic E-state index is 0.109. The summed E-state index contributed by atoms with van der Waals surface area (Å²) in [7, 11) is 2.10. The van der Waals surface area contributed by atoms with Crippen LogP contribution < -0.4 is 5.32 Å². The molecule has 3 fully saturated rings. The third kappa shape index (κ3) is 3.58. The summed E-state index contributed by atoms with van der Waals surface area (Å²) in [6.45, 7) is 5.38. The molecule has 0 aromatic rings. The van der Waals surface area contributed by atoms with Gasteiger partial charge in [-0.15, -0.1) is 0 Å². The van der Waals surface area contributed by atoms with Crippen LogP contribution in [-0.4, -0.2) is 73.7 Å². The van der Waals surface area contributed by atoms with E-state index in [1.807, 2.05) is 4.90 Å². The van der Waals surface area contributed by atoms with Gasteiger partial charge in [-0.3, -0.25) is 9.69 Å². The summed E-state index contributed by atoms with van der Waals surface area (Å²) in [6, 6.07) is 0.560. The summed E-state index contributed by atoms with van der Waals surface area (Å²) in [4.78, 5) is 16.8. The second kappa shape index (κ2) is 6.63. The van der Waals surface area contributed by atoms with Crippen molar-refractivity contribution < 1.29 is 9.53 Å². The van der Waals surface area contributed by atoms with Gasteiger partial charge in [0, 0.05) is 25.7 Å². The summed E-state index contributed by atoms with van der Waals surface area (Å²) in [5.41, 5.74) is 0.109. The summed E-state index contributed by atoms with van der Waals surface area (Å²) in [6.07, 6.45) is 6.73. The first-order chi connectivity index (χ1) is 10.2. The molecule has 21 heavy (non-hydrogen) atoms. The van der Waals surface area contributed by atoms with Gasteiger partial charge in [-0.2, -0.15) is 0 Å². The first-order valence-electron chi connectivity index (χ1n) is 8.51. The highest BCUT2D eigenvalue weighted by atomic mass is 16.5. The molecule has 1 spiro atoms. The van der Waals surface area contributed by atoms with Crippen molar-refractivity contribution in [2.75, 3.05) is 46.4 Å². The number of hydrogen-bond donors (Lipinski definition) is 1. The number of nitrogens with zero attached hydrogens (tertiary/aromatic N) is 2. The van der Waals surface area contributed by atoms with Gasteiger partial charge in [-0.25, -0.2) is 0 Å². The van der Waals surface area contributed by atoms with E-state index in [0.717, 1.165) is 58.5 Å². The van der Waals surface area contributed by atoms with Crippen molar-refractivity contribution in [3.05, 3.63) is 0 Å². The Bertz CT molecular complexity index is 353. The van der Waals surface area contributed by atoms with E-state index in [-0.39, 0.29) is 5.60 Å². The van der Waals surface area contributed by atoms with E-state index in [4.69, 9.17) is 4.74 Å². The Morgan fingerprint density at radius 2 is 2.00 bits per heavy atom. The molecule has 0 aromatic heterocycles. The van der Waals surface area contributed by atoms with Crippen LogP contribution in [0.5, 0.6) is 0 Å². The molecule has 3 saturated heterocycles. The van der Waals surface area contributed by atoms with Crippen molar-refractivity contribution >= 4 is 5.91 Å². The molecule has 5 nitrogen and oxygen atoms in total. The molecule has 5 heteroatoms. The molecule has 0 aliphatic carbocycles. The predicted molar refractivity (Wildman–Crippen MR) is 82.3 cm³/mol. The van der Waals surface area contributed by atoms with Crippen molar-refractivity contribution in [3.63, 3.8) is 0 Å². The van der Waals surface area contributed by atoms with E-state index in [0.29, 0.717) is 18.5 Å². The molecule has 3 rings (SSSR count). The second-order valence-electron chi connectivity index (χ2n) is 6.91. The Morgan fingerprint density at radius 1 is 1.29 bits per heavy atom. The number of piperidine rings is 2. The van der Waals surface area contributed by atoms with Gasteiger partial charge < -0.3 is 15.0 Å². The lowest BCUT2D eigenvalue weighted by Gasteiger charge is -2.39.